The molecule has 0 amide bonds. The molecule has 106 valence electrons. The van der Waals surface area contributed by atoms with Gasteiger partial charge in [-0.3, -0.25) is 0 Å². The summed E-state index contributed by atoms with van der Waals surface area (Å²) < 4.78 is 7.19. The minimum atomic E-state index is 0.600. The summed E-state index contributed by atoms with van der Waals surface area (Å²) in [4.78, 5) is 0. The quantitative estimate of drug-likeness (QED) is 0.732. The Labute approximate surface area is 132 Å². The molecule has 3 rings (SSSR count). The van der Waals surface area contributed by atoms with Gasteiger partial charge in [-0.25, -0.2) is 0 Å². The first kappa shape index (κ1) is 14.1. The lowest BCUT2D eigenvalue weighted by molar-refractivity contribution is 0.481. The Hall–Kier alpha value is -1.84. The van der Waals surface area contributed by atoms with Crippen LogP contribution in [-0.2, 0) is 6.42 Å². The fourth-order valence-corrected chi connectivity index (χ4v) is 2.81. The van der Waals surface area contributed by atoms with Crippen LogP contribution in [0.5, 0.6) is 11.5 Å². The lowest BCUT2D eigenvalue weighted by Crippen LogP contribution is -2.04. The highest BCUT2D eigenvalue weighted by molar-refractivity contribution is 9.10. The van der Waals surface area contributed by atoms with Crippen LogP contribution in [-0.4, -0.2) is 6.54 Å². The van der Waals surface area contributed by atoms with Gasteiger partial charge in [0.2, 0.25) is 0 Å². The Morgan fingerprint density at radius 2 is 1.71 bits per heavy atom. The molecule has 0 fully saturated rings. The number of fused-ring (bicyclic) bond motifs is 1. The van der Waals surface area contributed by atoms with Gasteiger partial charge in [0.1, 0.15) is 11.5 Å². The largest absolute Gasteiger partial charge is 0.456 e. The average Bonchev–Trinajstić information content (AvgIpc) is 2.50. The Morgan fingerprint density at radius 1 is 0.905 bits per heavy atom. The van der Waals surface area contributed by atoms with Gasteiger partial charge in [0.25, 0.3) is 0 Å². The Morgan fingerprint density at radius 3 is 2.57 bits per heavy atom. The number of hydrogen-bond acceptors (Lipinski definition) is 2. The van der Waals surface area contributed by atoms with E-state index in [1.54, 1.807) is 0 Å². The number of halogens is 1. The van der Waals surface area contributed by atoms with Crippen molar-refractivity contribution < 1.29 is 4.74 Å². The summed E-state index contributed by atoms with van der Waals surface area (Å²) in [5, 5.41) is 2.29. The Balaban J connectivity index is 2.02. The molecule has 0 saturated heterocycles. The van der Waals surface area contributed by atoms with Crippen molar-refractivity contribution in [2.45, 2.75) is 6.42 Å². The molecule has 0 aliphatic heterocycles. The third-order valence-corrected chi connectivity index (χ3v) is 3.90. The van der Waals surface area contributed by atoms with Gasteiger partial charge in [0, 0.05) is 9.86 Å². The minimum Gasteiger partial charge on any atom is -0.456 e. The molecule has 3 aromatic carbocycles. The molecule has 0 aromatic heterocycles. The second kappa shape index (κ2) is 6.29. The number of ether oxygens (including phenoxy) is 1. The lowest BCUT2D eigenvalue weighted by Gasteiger charge is -2.13. The molecular formula is C18H16BrNO. The fourth-order valence-electron chi connectivity index (χ4n) is 2.40. The molecule has 0 atom stereocenters. The van der Waals surface area contributed by atoms with Gasteiger partial charge >= 0.3 is 0 Å². The van der Waals surface area contributed by atoms with Crippen LogP contribution in [0.25, 0.3) is 10.8 Å². The average molecular weight is 342 g/mol. The number of rotatable bonds is 4. The van der Waals surface area contributed by atoms with Crippen molar-refractivity contribution in [3.63, 3.8) is 0 Å². The van der Waals surface area contributed by atoms with E-state index < -0.39 is 0 Å². The van der Waals surface area contributed by atoms with E-state index in [0.717, 1.165) is 33.3 Å². The van der Waals surface area contributed by atoms with Crippen LogP contribution in [0.4, 0.5) is 0 Å². The number of nitrogens with two attached hydrogens (primary N) is 1. The van der Waals surface area contributed by atoms with Gasteiger partial charge < -0.3 is 10.5 Å². The smallest absolute Gasteiger partial charge is 0.135 e. The lowest BCUT2D eigenvalue weighted by atomic mass is 10.1. The highest BCUT2D eigenvalue weighted by Crippen LogP contribution is 2.32. The SMILES string of the molecule is NCCc1cc(Br)ccc1Oc1cccc2ccccc12. The summed E-state index contributed by atoms with van der Waals surface area (Å²) in [5.41, 5.74) is 6.80. The second-order valence-corrected chi connectivity index (χ2v) is 5.79. The first-order valence-electron chi connectivity index (χ1n) is 6.92. The first-order chi connectivity index (χ1) is 10.3. The molecule has 0 aliphatic rings. The van der Waals surface area contributed by atoms with Crippen molar-refractivity contribution in [3.8, 4) is 11.5 Å². The van der Waals surface area contributed by atoms with Gasteiger partial charge in [-0.2, -0.15) is 0 Å². The van der Waals surface area contributed by atoms with Crippen molar-refractivity contribution >= 4 is 26.7 Å². The number of hydrogen-bond donors (Lipinski definition) is 1. The molecule has 0 spiro atoms. The van der Waals surface area contributed by atoms with Crippen molar-refractivity contribution in [1.82, 2.24) is 0 Å². The maximum absolute atomic E-state index is 6.15. The van der Waals surface area contributed by atoms with Crippen LogP contribution in [0.15, 0.2) is 65.1 Å². The van der Waals surface area contributed by atoms with Crippen LogP contribution in [0.2, 0.25) is 0 Å². The topological polar surface area (TPSA) is 35.2 Å². The van der Waals surface area contributed by atoms with Crippen LogP contribution in [0.3, 0.4) is 0 Å². The molecule has 0 unspecified atom stereocenters. The van der Waals surface area contributed by atoms with Crippen LogP contribution in [0, 0.1) is 0 Å². The van der Waals surface area contributed by atoms with E-state index >= 15 is 0 Å². The molecule has 3 aromatic rings. The molecule has 0 aliphatic carbocycles. The first-order valence-corrected chi connectivity index (χ1v) is 7.71. The molecule has 2 N–H and O–H groups in total. The van der Waals surface area contributed by atoms with Crippen LogP contribution >= 0.6 is 15.9 Å². The zero-order valence-corrected chi connectivity index (χ0v) is 13.1. The van der Waals surface area contributed by atoms with E-state index in [0.29, 0.717) is 6.54 Å². The summed E-state index contributed by atoms with van der Waals surface area (Å²) in [6.07, 6.45) is 0.791. The highest BCUT2D eigenvalue weighted by atomic mass is 79.9. The van der Waals surface area contributed by atoms with Crippen molar-refractivity contribution in [2.75, 3.05) is 6.54 Å². The predicted molar refractivity (Wildman–Crippen MR) is 90.9 cm³/mol. The zero-order chi connectivity index (χ0) is 14.7. The van der Waals surface area contributed by atoms with E-state index in [9.17, 15) is 0 Å². The van der Waals surface area contributed by atoms with Crippen molar-refractivity contribution in [1.29, 1.82) is 0 Å². The molecule has 2 nitrogen and oxygen atoms in total. The van der Waals surface area contributed by atoms with Gasteiger partial charge in [0.05, 0.1) is 0 Å². The van der Waals surface area contributed by atoms with E-state index in [4.69, 9.17) is 10.5 Å². The summed E-state index contributed by atoms with van der Waals surface area (Å²) in [6, 6.07) is 20.4. The van der Waals surface area contributed by atoms with E-state index in [1.165, 1.54) is 5.39 Å². The van der Waals surface area contributed by atoms with E-state index in [2.05, 4.69) is 40.2 Å². The van der Waals surface area contributed by atoms with Crippen molar-refractivity contribution in [2.24, 2.45) is 5.73 Å². The third kappa shape index (κ3) is 3.09. The summed E-state index contributed by atoms with van der Waals surface area (Å²) in [7, 11) is 0. The molecular weight excluding hydrogens is 326 g/mol. The van der Waals surface area contributed by atoms with Gasteiger partial charge in [-0.15, -0.1) is 0 Å². The normalized spacial score (nSPS) is 10.8. The summed E-state index contributed by atoms with van der Waals surface area (Å²) in [6.45, 7) is 0.600. The van der Waals surface area contributed by atoms with Crippen LogP contribution in [0.1, 0.15) is 5.56 Å². The molecule has 0 saturated carbocycles. The van der Waals surface area contributed by atoms with Gasteiger partial charge in [0.15, 0.2) is 0 Å². The molecule has 0 radical (unpaired) electrons. The summed E-state index contributed by atoms with van der Waals surface area (Å²) >= 11 is 3.50. The zero-order valence-electron chi connectivity index (χ0n) is 11.6. The third-order valence-electron chi connectivity index (χ3n) is 3.41. The van der Waals surface area contributed by atoms with E-state index in [1.807, 2.05) is 36.4 Å². The van der Waals surface area contributed by atoms with Crippen molar-refractivity contribution in [3.05, 3.63) is 70.7 Å². The summed E-state index contributed by atoms with van der Waals surface area (Å²) in [5.74, 6) is 1.73. The van der Waals surface area contributed by atoms with Crippen LogP contribution < -0.4 is 10.5 Å². The Bertz CT molecular complexity index is 765. The number of benzene rings is 3. The molecule has 0 bridgehead atoms. The molecule has 0 heterocycles. The maximum atomic E-state index is 6.15. The highest BCUT2D eigenvalue weighted by Gasteiger charge is 2.08. The minimum absolute atomic E-state index is 0.600. The van der Waals surface area contributed by atoms with Gasteiger partial charge in [-0.05, 0) is 48.2 Å². The van der Waals surface area contributed by atoms with E-state index in [-0.39, 0.29) is 0 Å². The van der Waals surface area contributed by atoms with Gasteiger partial charge in [-0.1, -0.05) is 52.3 Å². The Kier molecular flexibility index (Phi) is 4.23. The predicted octanol–water partition coefficient (Wildman–Crippen LogP) is 4.90. The molecule has 21 heavy (non-hydrogen) atoms. The standard InChI is InChI=1S/C18H16BrNO/c19-15-8-9-17(14(12-15)10-11-20)21-18-7-3-5-13-4-1-2-6-16(13)18/h1-9,12H,10-11,20H2. The monoisotopic (exact) mass is 341 g/mol. The second-order valence-electron chi connectivity index (χ2n) is 4.87. The molecule has 3 heteroatoms. The maximum Gasteiger partial charge on any atom is 0.135 e. The fraction of sp³-hybridized carbons (Fsp3) is 0.111.